The summed E-state index contributed by atoms with van der Waals surface area (Å²) >= 11 is 0. The number of guanidine groups is 1. The van der Waals surface area contributed by atoms with Crippen molar-refractivity contribution in [2.24, 2.45) is 12.0 Å². The number of halogens is 1. The van der Waals surface area contributed by atoms with E-state index in [4.69, 9.17) is 9.73 Å². The summed E-state index contributed by atoms with van der Waals surface area (Å²) in [5, 5.41) is 15.4. The van der Waals surface area contributed by atoms with Crippen LogP contribution < -0.4 is 15.4 Å². The molecule has 2 aromatic rings. The van der Waals surface area contributed by atoms with E-state index in [1.54, 1.807) is 0 Å². The number of aryl methyl sites for hydroxylation is 2. The zero-order valence-electron chi connectivity index (χ0n) is 20.7. The number of aromatic nitrogens is 3. The minimum atomic E-state index is 0. The van der Waals surface area contributed by atoms with Crippen molar-refractivity contribution in [2.75, 3.05) is 26.2 Å². The molecule has 0 spiro atoms. The average molecular weight is 570 g/mol. The van der Waals surface area contributed by atoms with Gasteiger partial charge in [-0.3, -0.25) is 4.90 Å². The van der Waals surface area contributed by atoms with Crippen molar-refractivity contribution in [3.8, 4) is 5.75 Å². The summed E-state index contributed by atoms with van der Waals surface area (Å²) in [5.41, 5.74) is 2.29. The molecular formula is C24H40IN7O. The van der Waals surface area contributed by atoms with Crippen LogP contribution in [0.5, 0.6) is 5.75 Å². The Balaban J connectivity index is 0.00000385. The highest BCUT2D eigenvalue weighted by Crippen LogP contribution is 2.21. The second-order valence-corrected chi connectivity index (χ2v) is 8.51. The van der Waals surface area contributed by atoms with Crippen molar-refractivity contribution in [1.82, 2.24) is 30.3 Å². The van der Waals surface area contributed by atoms with E-state index in [-0.39, 0.29) is 24.0 Å². The Labute approximate surface area is 215 Å². The lowest BCUT2D eigenvalue weighted by atomic mass is 10.1. The first kappa shape index (κ1) is 27.4. The van der Waals surface area contributed by atoms with E-state index in [0.29, 0.717) is 25.7 Å². The van der Waals surface area contributed by atoms with Crippen LogP contribution in [-0.2, 0) is 20.1 Å². The van der Waals surface area contributed by atoms with Gasteiger partial charge in [0.05, 0.1) is 19.7 Å². The molecule has 1 fully saturated rings. The van der Waals surface area contributed by atoms with Gasteiger partial charge in [-0.2, -0.15) is 0 Å². The van der Waals surface area contributed by atoms with Crippen LogP contribution in [0.3, 0.4) is 0 Å². The summed E-state index contributed by atoms with van der Waals surface area (Å²) < 4.78 is 7.98. The number of hydrogen-bond acceptors (Lipinski definition) is 5. The zero-order valence-corrected chi connectivity index (χ0v) is 23.1. The van der Waals surface area contributed by atoms with E-state index in [1.165, 1.54) is 24.9 Å². The van der Waals surface area contributed by atoms with Crippen LogP contribution in [0.4, 0.5) is 0 Å². The maximum absolute atomic E-state index is 5.98. The highest BCUT2D eigenvalue weighted by atomic mass is 127. The number of likely N-dealkylation sites (N-methyl/N-ethyl adjacent to an activating group) is 1. The minimum Gasteiger partial charge on any atom is -0.493 e. The number of likely N-dealkylation sites (tertiary alicyclic amines) is 1. The number of rotatable bonds is 10. The Kier molecular flexibility index (Phi) is 11.4. The molecule has 2 heterocycles. The summed E-state index contributed by atoms with van der Waals surface area (Å²) in [4.78, 5) is 7.43. The first-order valence-electron chi connectivity index (χ1n) is 11.8. The second-order valence-electron chi connectivity index (χ2n) is 8.51. The van der Waals surface area contributed by atoms with E-state index in [2.05, 4.69) is 64.7 Å². The van der Waals surface area contributed by atoms with E-state index in [9.17, 15) is 0 Å². The van der Waals surface area contributed by atoms with Gasteiger partial charge in [0.15, 0.2) is 11.8 Å². The summed E-state index contributed by atoms with van der Waals surface area (Å²) in [5.74, 6) is 3.49. The Bertz CT molecular complexity index is 899. The molecule has 2 N–H and O–H groups in total. The summed E-state index contributed by atoms with van der Waals surface area (Å²) in [6, 6.07) is 6.88. The van der Waals surface area contributed by atoms with Gasteiger partial charge in [0, 0.05) is 25.2 Å². The predicted molar refractivity (Wildman–Crippen MR) is 144 cm³/mol. The second kappa shape index (κ2) is 13.7. The molecule has 1 unspecified atom stereocenters. The molecule has 184 valence electrons. The molecule has 0 amide bonds. The molecule has 1 aromatic carbocycles. The van der Waals surface area contributed by atoms with Crippen LogP contribution >= 0.6 is 24.0 Å². The van der Waals surface area contributed by atoms with E-state index < -0.39 is 0 Å². The lowest BCUT2D eigenvalue weighted by Crippen LogP contribution is -2.44. The monoisotopic (exact) mass is 569 g/mol. The first-order valence-corrected chi connectivity index (χ1v) is 11.8. The molecule has 1 atom stereocenters. The normalized spacial score (nSPS) is 16.5. The van der Waals surface area contributed by atoms with Crippen molar-refractivity contribution in [3.05, 3.63) is 41.0 Å². The van der Waals surface area contributed by atoms with Crippen molar-refractivity contribution in [1.29, 1.82) is 0 Å². The minimum absolute atomic E-state index is 0. The van der Waals surface area contributed by atoms with Crippen LogP contribution in [0.1, 0.15) is 55.9 Å². The van der Waals surface area contributed by atoms with E-state index in [0.717, 1.165) is 48.4 Å². The van der Waals surface area contributed by atoms with Gasteiger partial charge in [-0.15, -0.1) is 34.2 Å². The van der Waals surface area contributed by atoms with E-state index in [1.807, 2.05) is 18.5 Å². The molecule has 3 rings (SSSR count). The number of aliphatic imine (C=N–C) groups is 1. The molecule has 0 bridgehead atoms. The maximum atomic E-state index is 5.98. The highest BCUT2D eigenvalue weighted by molar-refractivity contribution is 14.0. The lowest BCUT2D eigenvalue weighted by Gasteiger charge is -2.24. The van der Waals surface area contributed by atoms with Gasteiger partial charge in [-0.05, 0) is 57.8 Å². The molecule has 0 radical (unpaired) electrons. The van der Waals surface area contributed by atoms with Gasteiger partial charge < -0.3 is 19.9 Å². The van der Waals surface area contributed by atoms with Gasteiger partial charge in [-0.1, -0.05) is 26.0 Å². The molecule has 1 aliphatic rings. The zero-order chi connectivity index (χ0) is 22.9. The SMILES string of the molecule is CCCOc1cc(C)ccc1CN=C(NCc1nnc(C)n1C)NCC1CCCN1CC.I. The topological polar surface area (TPSA) is 79.6 Å². The van der Waals surface area contributed by atoms with Crippen molar-refractivity contribution >= 4 is 29.9 Å². The molecule has 9 heteroatoms. The molecule has 0 aliphatic carbocycles. The molecular weight excluding hydrogens is 529 g/mol. The average Bonchev–Trinajstić information content (AvgIpc) is 3.38. The van der Waals surface area contributed by atoms with Gasteiger partial charge >= 0.3 is 0 Å². The third-order valence-electron chi connectivity index (χ3n) is 6.10. The summed E-state index contributed by atoms with van der Waals surface area (Å²) in [6.45, 7) is 13.4. The third-order valence-corrected chi connectivity index (χ3v) is 6.10. The third kappa shape index (κ3) is 7.84. The Morgan fingerprint density at radius 1 is 1.21 bits per heavy atom. The molecule has 1 saturated heterocycles. The summed E-state index contributed by atoms with van der Waals surface area (Å²) in [6.07, 6.45) is 3.47. The van der Waals surface area contributed by atoms with Gasteiger partial charge in [0.1, 0.15) is 11.6 Å². The van der Waals surface area contributed by atoms with Gasteiger partial charge in [0.25, 0.3) is 0 Å². The van der Waals surface area contributed by atoms with Crippen LogP contribution in [0.15, 0.2) is 23.2 Å². The van der Waals surface area contributed by atoms with Crippen LogP contribution in [0.25, 0.3) is 0 Å². The number of benzene rings is 1. The van der Waals surface area contributed by atoms with Crippen molar-refractivity contribution in [2.45, 2.75) is 66.1 Å². The number of nitrogens with one attached hydrogen (secondary N) is 2. The van der Waals surface area contributed by atoms with Crippen molar-refractivity contribution < 1.29 is 4.74 Å². The van der Waals surface area contributed by atoms with Crippen LogP contribution in [0, 0.1) is 13.8 Å². The molecule has 1 aliphatic heterocycles. The smallest absolute Gasteiger partial charge is 0.192 e. The van der Waals surface area contributed by atoms with E-state index >= 15 is 0 Å². The fraction of sp³-hybridized carbons (Fsp3) is 0.625. The van der Waals surface area contributed by atoms with Crippen LogP contribution in [-0.4, -0.2) is 57.9 Å². The molecule has 0 saturated carbocycles. The van der Waals surface area contributed by atoms with Crippen molar-refractivity contribution in [3.63, 3.8) is 0 Å². The van der Waals surface area contributed by atoms with Gasteiger partial charge in [-0.25, -0.2) is 4.99 Å². The lowest BCUT2D eigenvalue weighted by molar-refractivity contribution is 0.267. The number of hydrogen-bond donors (Lipinski definition) is 2. The largest absolute Gasteiger partial charge is 0.493 e. The quantitative estimate of drug-likeness (QED) is 0.259. The Hall–Kier alpha value is -1.88. The molecule has 8 nitrogen and oxygen atoms in total. The Morgan fingerprint density at radius 3 is 2.73 bits per heavy atom. The number of ether oxygens (including phenoxy) is 1. The van der Waals surface area contributed by atoms with Crippen LogP contribution in [0.2, 0.25) is 0 Å². The first-order chi connectivity index (χ1) is 15.5. The molecule has 33 heavy (non-hydrogen) atoms. The maximum Gasteiger partial charge on any atom is 0.192 e. The van der Waals surface area contributed by atoms with Gasteiger partial charge in [0.2, 0.25) is 0 Å². The fourth-order valence-corrected chi connectivity index (χ4v) is 4.00. The predicted octanol–water partition coefficient (Wildman–Crippen LogP) is 3.56. The highest BCUT2D eigenvalue weighted by Gasteiger charge is 2.23. The fourth-order valence-electron chi connectivity index (χ4n) is 4.00. The molecule has 1 aromatic heterocycles. The standard InChI is InChI=1S/C24H39N7O.HI/c1-6-13-32-22-14-18(3)10-11-20(22)15-25-24(26-16-21-9-8-12-31(21)7-2)27-17-23-29-28-19(4)30(23)5;/h10-11,14,21H,6-9,12-13,15-17H2,1-5H3,(H2,25,26,27);1H. The Morgan fingerprint density at radius 2 is 2.03 bits per heavy atom. The summed E-state index contributed by atoms with van der Waals surface area (Å²) in [7, 11) is 1.98. The number of nitrogens with zero attached hydrogens (tertiary/aromatic N) is 5.